The maximum Gasteiger partial charge on any atom is 0.192 e. The average molecular weight is 533 g/mol. The normalized spacial score (nSPS) is 39.8. The van der Waals surface area contributed by atoms with Crippen LogP contribution in [0.5, 0.6) is 0 Å². The Hall–Kier alpha value is -0.236. The lowest BCUT2D eigenvalue weighted by atomic mass is 9.47. The van der Waals surface area contributed by atoms with Gasteiger partial charge in [-0.05, 0) is 109 Å². The molecule has 0 aromatic carbocycles. The van der Waals surface area contributed by atoms with E-state index in [1.807, 2.05) is 6.08 Å². The van der Waals surface area contributed by atoms with Crippen LogP contribution in [-0.2, 0) is 13.6 Å². The van der Waals surface area contributed by atoms with Crippen molar-refractivity contribution in [2.24, 2.45) is 28.6 Å². The van der Waals surface area contributed by atoms with Crippen molar-refractivity contribution >= 4 is 22.4 Å². The molecule has 3 fully saturated rings. The fourth-order valence-corrected chi connectivity index (χ4v) is 10.7. The quantitative estimate of drug-likeness (QED) is 0.339. The summed E-state index contributed by atoms with van der Waals surface area (Å²) < 4.78 is 14.7. The summed E-state index contributed by atoms with van der Waals surface area (Å²) in [7, 11) is -3.83. The van der Waals surface area contributed by atoms with Gasteiger partial charge in [-0.2, -0.15) is 0 Å². The number of carbonyl (C=O) groups is 1. The monoisotopic (exact) mass is 532 g/mol. The van der Waals surface area contributed by atoms with Crippen molar-refractivity contribution in [2.75, 3.05) is 0 Å². The standard InChI is InChI=1S/C31H56O3Si2/c1-28(2,3)35(9,10)33-25-20-26(34-36(11,12)29(4,5)6)31(8)18-16-24-23(27(25)31)14-13-21-19-22(32)15-17-30(21,24)7/h19,23-27H,13-18,20H2,1-12H3/t23-,24-,25-,26+,27+,30+,31-/m1/s1. The molecule has 0 saturated heterocycles. The summed E-state index contributed by atoms with van der Waals surface area (Å²) in [6.07, 6.45) is 10.2. The Morgan fingerprint density at radius 2 is 1.44 bits per heavy atom. The highest BCUT2D eigenvalue weighted by Crippen LogP contribution is 2.67. The predicted octanol–water partition coefficient (Wildman–Crippen LogP) is 8.91. The second kappa shape index (κ2) is 8.89. The molecule has 5 heteroatoms. The molecule has 0 N–H and O–H groups in total. The van der Waals surface area contributed by atoms with Crippen LogP contribution in [-0.4, -0.2) is 34.6 Å². The van der Waals surface area contributed by atoms with Gasteiger partial charge in [0.25, 0.3) is 0 Å². The van der Waals surface area contributed by atoms with Crippen LogP contribution in [0.1, 0.15) is 100 Å². The van der Waals surface area contributed by atoms with Crippen LogP contribution in [0.3, 0.4) is 0 Å². The van der Waals surface area contributed by atoms with E-state index >= 15 is 0 Å². The van der Waals surface area contributed by atoms with Gasteiger partial charge in [0.15, 0.2) is 22.4 Å². The van der Waals surface area contributed by atoms with Gasteiger partial charge in [-0.15, -0.1) is 0 Å². The number of allylic oxidation sites excluding steroid dienone is 1. The minimum Gasteiger partial charge on any atom is -0.414 e. The molecule has 7 atom stereocenters. The zero-order valence-corrected chi connectivity index (χ0v) is 27.6. The lowest BCUT2D eigenvalue weighted by Crippen LogP contribution is -2.55. The summed E-state index contributed by atoms with van der Waals surface area (Å²) in [4.78, 5) is 12.3. The lowest BCUT2D eigenvalue weighted by molar-refractivity contribution is -0.119. The highest BCUT2D eigenvalue weighted by molar-refractivity contribution is 6.74. The minimum atomic E-state index is -1.92. The summed E-state index contributed by atoms with van der Waals surface area (Å²) in [5, 5.41) is 0.412. The average Bonchev–Trinajstić information content (AvgIpc) is 2.97. The molecule has 4 aliphatic carbocycles. The topological polar surface area (TPSA) is 35.5 Å². The lowest BCUT2D eigenvalue weighted by Gasteiger charge is -2.59. The minimum absolute atomic E-state index is 0.172. The highest BCUT2D eigenvalue weighted by atomic mass is 28.4. The van der Waals surface area contributed by atoms with E-state index in [-0.39, 0.29) is 33.1 Å². The third-order valence-corrected chi connectivity index (χ3v) is 21.3. The van der Waals surface area contributed by atoms with Gasteiger partial charge in [0, 0.05) is 6.42 Å². The van der Waals surface area contributed by atoms with Crippen molar-refractivity contribution < 1.29 is 13.6 Å². The van der Waals surface area contributed by atoms with Crippen LogP contribution in [0.25, 0.3) is 0 Å². The molecule has 0 spiro atoms. The molecule has 4 aliphatic rings. The SMILES string of the molecule is CC(C)(C)[Si](C)(C)O[C@H]1C[C@@H](O[Si](C)(C)C(C)(C)C)[C@@H]2[C@@H]3CCC4=CC(=O)CC[C@]4(C)[C@@H]3CC[C@@]21C. The maximum atomic E-state index is 12.3. The van der Waals surface area contributed by atoms with Gasteiger partial charge in [-0.1, -0.05) is 61.0 Å². The van der Waals surface area contributed by atoms with Crippen molar-refractivity contribution in [2.45, 2.75) is 149 Å². The third-order valence-electron chi connectivity index (χ3n) is 12.3. The van der Waals surface area contributed by atoms with Crippen LogP contribution in [0.2, 0.25) is 36.3 Å². The van der Waals surface area contributed by atoms with Gasteiger partial charge in [-0.25, -0.2) is 0 Å². The molecule has 0 bridgehead atoms. The zero-order valence-electron chi connectivity index (χ0n) is 25.6. The van der Waals surface area contributed by atoms with Gasteiger partial charge in [0.2, 0.25) is 0 Å². The van der Waals surface area contributed by atoms with Gasteiger partial charge in [-0.3, -0.25) is 4.79 Å². The summed E-state index contributed by atoms with van der Waals surface area (Å²) in [6, 6.07) is 0. The summed E-state index contributed by atoms with van der Waals surface area (Å²) in [5.41, 5.74) is 1.82. The first kappa shape index (κ1) is 28.8. The molecule has 3 saturated carbocycles. The van der Waals surface area contributed by atoms with E-state index in [2.05, 4.69) is 81.6 Å². The Morgan fingerprint density at radius 3 is 2.03 bits per heavy atom. The van der Waals surface area contributed by atoms with Crippen LogP contribution in [0.4, 0.5) is 0 Å². The van der Waals surface area contributed by atoms with E-state index in [0.717, 1.165) is 25.7 Å². The molecule has 0 unspecified atom stereocenters. The number of carbonyl (C=O) groups excluding carboxylic acids is 1. The molecule has 3 nitrogen and oxygen atoms in total. The third kappa shape index (κ3) is 4.60. The Morgan fingerprint density at radius 1 is 0.861 bits per heavy atom. The van der Waals surface area contributed by atoms with Crippen molar-refractivity contribution in [3.63, 3.8) is 0 Å². The zero-order chi connectivity index (χ0) is 27.1. The fourth-order valence-electron chi connectivity index (χ4n) is 7.93. The largest absolute Gasteiger partial charge is 0.414 e. The fraction of sp³-hybridized carbons (Fsp3) is 0.903. The molecule has 0 aromatic rings. The van der Waals surface area contributed by atoms with Gasteiger partial charge in [0.05, 0.1) is 12.2 Å². The van der Waals surface area contributed by atoms with Crippen LogP contribution in [0, 0.1) is 28.6 Å². The Bertz CT molecular complexity index is 908. The Labute approximate surface area is 224 Å². The molecule has 0 aromatic heterocycles. The van der Waals surface area contributed by atoms with Crippen molar-refractivity contribution in [1.82, 2.24) is 0 Å². The van der Waals surface area contributed by atoms with Crippen molar-refractivity contribution in [3.8, 4) is 0 Å². The molecule has 0 amide bonds. The van der Waals surface area contributed by atoms with E-state index < -0.39 is 16.6 Å². The summed E-state index contributed by atoms with van der Waals surface area (Å²) in [5.74, 6) is 2.24. The van der Waals surface area contributed by atoms with Crippen LogP contribution in [0.15, 0.2) is 11.6 Å². The van der Waals surface area contributed by atoms with Crippen LogP contribution >= 0.6 is 0 Å². The van der Waals surface area contributed by atoms with Crippen molar-refractivity contribution in [1.29, 1.82) is 0 Å². The molecule has 0 radical (unpaired) electrons. The van der Waals surface area contributed by atoms with Crippen molar-refractivity contribution in [3.05, 3.63) is 11.6 Å². The van der Waals surface area contributed by atoms with Gasteiger partial charge < -0.3 is 8.85 Å². The number of hydrogen-bond acceptors (Lipinski definition) is 3. The number of ketones is 1. The van der Waals surface area contributed by atoms with E-state index in [0.29, 0.717) is 23.5 Å². The number of fused-ring (bicyclic) bond motifs is 5. The predicted molar refractivity (Wildman–Crippen MR) is 156 cm³/mol. The first-order valence-corrected chi connectivity index (χ1v) is 20.6. The highest BCUT2D eigenvalue weighted by Gasteiger charge is 2.64. The van der Waals surface area contributed by atoms with Gasteiger partial charge >= 0.3 is 0 Å². The van der Waals surface area contributed by atoms with E-state index in [1.54, 1.807) is 0 Å². The second-order valence-corrected chi connectivity index (χ2v) is 26.0. The first-order valence-electron chi connectivity index (χ1n) is 14.8. The molecule has 0 heterocycles. The smallest absolute Gasteiger partial charge is 0.192 e. The summed E-state index contributed by atoms with van der Waals surface area (Å²) in [6.45, 7) is 29.0. The van der Waals surface area contributed by atoms with E-state index in [1.165, 1.54) is 24.8 Å². The molecular formula is C31H56O3Si2. The number of hydrogen-bond donors (Lipinski definition) is 0. The molecule has 36 heavy (non-hydrogen) atoms. The second-order valence-electron chi connectivity index (χ2n) is 16.5. The molecular weight excluding hydrogens is 477 g/mol. The Kier molecular flexibility index (Phi) is 7.10. The first-order chi connectivity index (χ1) is 16.2. The molecule has 206 valence electrons. The van der Waals surface area contributed by atoms with Crippen LogP contribution < -0.4 is 0 Å². The Balaban J connectivity index is 1.72. The molecule has 0 aliphatic heterocycles. The van der Waals surface area contributed by atoms with E-state index in [4.69, 9.17) is 8.85 Å². The number of rotatable bonds is 4. The molecule has 4 rings (SSSR count). The van der Waals surface area contributed by atoms with Gasteiger partial charge in [0.1, 0.15) is 0 Å². The van der Waals surface area contributed by atoms with E-state index in [9.17, 15) is 4.79 Å². The summed E-state index contributed by atoms with van der Waals surface area (Å²) >= 11 is 0. The maximum absolute atomic E-state index is 12.3.